The van der Waals surface area contributed by atoms with Crippen molar-refractivity contribution < 1.29 is 19.5 Å². The number of aliphatic carboxylic acids is 1. The fraction of sp³-hybridized carbons (Fsp3) is 0.417. The van der Waals surface area contributed by atoms with Crippen LogP contribution in [0.5, 0.6) is 0 Å². The molecular formula is C36H45Br2N7O4. The molecule has 3 aromatic carbocycles. The number of urea groups is 2. The lowest BCUT2D eigenvalue weighted by atomic mass is 9.95. The molecule has 3 aliphatic rings. The molecule has 1 saturated heterocycles. The highest BCUT2D eigenvalue weighted by molar-refractivity contribution is 9.11. The van der Waals surface area contributed by atoms with Crippen molar-refractivity contribution in [2.24, 2.45) is 0 Å². The zero-order valence-electron chi connectivity index (χ0n) is 27.5. The molecule has 0 spiro atoms. The van der Waals surface area contributed by atoms with Crippen molar-refractivity contribution >= 4 is 72.6 Å². The summed E-state index contributed by atoms with van der Waals surface area (Å²) in [5.74, 6) is -1.11. The van der Waals surface area contributed by atoms with Crippen LogP contribution in [-0.4, -0.2) is 70.7 Å². The fourth-order valence-corrected chi connectivity index (χ4v) is 7.93. The molecular weight excluding hydrogens is 754 g/mol. The van der Waals surface area contributed by atoms with Crippen molar-refractivity contribution in [3.8, 4) is 0 Å². The Morgan fingerprint density at radius 2 is 1.57 bits per heavy atom. The number of nitrogens with one attached hydrogen (secondary N) is 3. The van der Waals surface area contributed by atoms with Gasteiger partial charge in [0.2, 0.25) is 0 Å². The summed E-state index contributed by atoms with van der Waals surface area (Å²) < 4.78 is 1.31. The molecule has 0 unspecified atom stereocenters. The minimum Gasteiger partial charge on any atom is -0.480 e. The molecule has 2 aliphatic heterocycles. The zero-order valence-corrected chi connectivity index (χ0v) is 30.6. The maximum absolute atomic E-state index is 12.9. The molecule has 8 N–H and O–H groups in total. The monoisotopic (exact) mass is 797 g/mol. The van der Waals surface area contributed by atoms with Crippen molar-refractivity contribution in [1.82, 2.24) is 15.1 Å². The van der Waals surface area contributed by atoms with Crippen LogP contribution < -0.4 is 27.4 Å². The largest absolute Gasteiger partial charge is 0.480 e. The van der Waals surface area contributed by atoms with Crippen LogP contribution in [0.2, 0.25) is 0 Å². The van der Waals surface area contributed by atoms with Crippen LogP contribution in [-0.2, 0) is 17.6 Å². The maximum atomic E-state index is 12.9. The van der Waals surface area contributed by atoms with Gasteiger partial charge in [-0.2, -0.15) is 0 Å². The molecule has 13 heteroatoms. The first-order valence-electron chi connectivity index (χ1n) is 16.9. The third-order valence-corrected chi connectivity index (χ3v) is 10.7. The van der Waals surface area contributed by atoms with Gasteiger partial charge in [0, 0.05) is 52.8 Å². The van der Waals surface area contributed by atoms with Gasteiger partial charge in [0.1, 0.15) is 6.04 Å². The number of halogens is 2. The summed E-state index contributed by atoms with van der Waals surface area (Å²) in [5.41, 5.74) is 16.9. The molecule has 0 aromatic heterocycles. The number of nitrogens with two attached hydrogens (primary N) is 2. The Hall–Kier alpha value is -3.97. The second-order valence-electron chi connectivity index (χ2n) is 12.8. The Morgan fingerprint density at radius 1 is 0.918 bits per heavy atom. The van der Waals surface area contributed by atoms with E-state index in [-0.39, 0.29) is 18.5 Å². The predicted molar refractivity (Wildman–Crippen MR) is 202 cm³/mol. The standard InChI is InChI=1S/C24H27Br2N5O4.C12H18N2/c25-17-11-14(12-18(26)21(17)27)13-20(22(32)33)29-23(34)30-8-6-16(7-9-30)31-10-5-15-3-1-2-4-19(15)28-24(31)35;13-11-8-4-5-9-12(11)14-10-6-2-1-3-7-10/h1-4,11-12,16,20H,5-10,13,27H2,(H,28,35)(H,29,34)(H,32,33);4-5,8-10,14H,1-3,6-7,13H2/t20-;/m1./s1. The van der Waals surface area contributed by atoms with E-state index >= 15 is 0 Å². The summed E-state index contributed by atoms with van der Waals surface area (Å²) in [6, 6.07) is 18.3. The average Bonchev–Trinajstić information content (AvgIpc) is 3.26. The molecule has 6 rings (SSSR count). The number of hydrogen-bond donors (Lipinski definition) is 6. The normalized spacial score (nSPS) is 17.5. The number of carbonyl (C=O) groups excluding carboxylic acids is 2. The second kappa shape index (κ2) is 17.1. The minimum absolute atomic E-state index is 0.0214. The van der Waals surface area contributed by atoms with Gasteiger partial charge in [0.15, 0.2) is 0 Å². The molecule has 2 heterocycles. The average molecular weight is 800 g/mol. The van der Waals surface area contributed by atoms with Gasteiger partial charge in [-0.15, -0.1) is 0 Å². The van der Waals surface area contributed by atoms with Crippen molar-refractivity contribution in [2.45, 2.75) is 75.9 Å². The predicted octanol–water partition coefficient (Wildman–Crippen LogP) is 7.07. The van der Waals surface area contributed by atoms with Gasteiger partial charge in [-0.1, -0.05) is 49.6 Å². The van der Waals surface area contributed by atoms with E-state index in [0.29, 0.717) is 53.2 Å². The van der Waals surface area contributed by atoms with E-state index in [2.05, 4.69) is 53.9 Å². The van der Waals surface area contributed by atoms with Crippen LogP contribution in [0.4, 0.5) is 32.3 Å². The number of hydrogen-bond acceptors (Lipinski definition) is 6. The molecule has 1 atom stereocenters. The number of carboxylic acids is 1. The Labute approximate surface area is 304 Å². The van der Waals surface area contributed by atoms with Crippen molar-refractivity contribution in [3.63, 3.8) is 0 Å². The summed E-state index contributed by atoms with van der Waals surface area (Å²) >= 11 is 6.73. The Balaban J connectivity index is 0.000000278. The molecule has 1 aliphatic carbocycles. The lowest BCUT2D eigenvalue weighted by Crippen LogP contribution is -2.54. The first-order chi connectivity index (χ1) is 23.6. The van der Waals surface area contributed by atoms with E-state index in [0.717, 1.165) is 34.6 Å². The molecule has 262 valence electrons. The molecule has 0 radical (unpaired) electrons. The zero-order chi connectivity index (χ0) is 34.9. The summed E-state index contributed by atoms with van der Waals surface area (Å²) in [7, 11) is 0. The number of carboxylic acid groups (broad SMARTS) is 1. The van der Waals surface area contributed by atoms with Gasteiger partial charge in [0.05, 0.1) is 17.1 Å². The molecule has 2 fully saturated rings. The topological polar surface area (TPSA) is 166 Å². The number of likely N-dealkylation sites (tertiary alicyclic amines) is 1. The first kappa shape index (κ1) is 36.3. The summed E-state index contributed by atoms with van der Waals surface area (Å²) in [6.45, 7) is 1.50. The third kappa shape index (κ3) is 9.81. The number of rotatable bonds is 7. The number of amides is 4. The highest BCUT2D eigenvalue weighted by Gasteiger charge is 2.32. The van der Waals surface area contributed by atoms with Gasteiger partial charge in [-0.3, -0.25) is 0 Å². The fourth-order valence-electron chi connectivity index (χ4n) is 6.64. The molecule has 3 aromatic rings. The third-order valence-electron chi connectivity index (χ3n) is 9.43. The quantitative estimate of drug-likeness (QED) is 0.139. The summed E-state index contributed by atoms with van der Waals surface area (Å²) in [4.78, 5) is 41.0. The van der Waals surface area contributed by atoms with Gasteiger partial charge in [-0.25, -0.2) is 14.4 Å². The Morgan fingerprint density at radius 3 is 2.24 bits per heavy atom. The lowest BCUT2D eigenvalue weighted by molar-refractivity contribution is -0.139. The number of benzene rings is 3. The SMILES string of the molecule is Nc1c(Br)cc(C[C@@H](NC(=O)N2CCC(N3CCc4ccccc4NC3=O)CC2)C(=O)O)cc1Br.Nc1ccccc1NC1CCCCC1. The van der Waals surface area contributed by atoms with Gasteiger partial charge in [0.25, 0.3) is 0 Å². The van der Waals surface area contributed by atoms with Crippen molar-refractivity contribution in [2.75, 3.05) is 41.7 Å². The summed E-state index contributed by atoms with van der Waals surface area (Å²) in [5, 5.41) is 18.8. The number of piperidine rings is 1. The number of para-hydroxylation sites is 3. The molecule has 0 bridgehead atoms. The smallest absolute Gasteiger partial charge is 0.326 e. The Kier molecular flexibility index (Phi) is 12.7. The number of fused-ring (bicyclic) bond motifs is 1. The number of nitrogens with zero attached hydrogens (tertiary/aromatic N) is 2. The van der Waals surface area contributed by atoms with E-state index in [1.165, 1.54) is 32.1 Å². The second-order valence-corrected chi connectivity index (χ2v) is 14.5. The molecule has 11 nitrogen and oxygen atoms in total. The molecule has 4 amide bonds. The van der Waals surface area contributed by atoms with E-state index in [9.17, 15) is 19.5 Å². The van der Waals surface area contributed by atoms with Crippen LogP contribution in [0.3, 0.4) is 0 Å². The number of anilines is 4. The first-order valence-corrected chi connectivity index (χ1v) is 18.5. The Bertz CT molecular complexity index is 1600. The van der Waals surface area contributed by atoms with E-state index in [4.69, 9.17) is 11.5 Å². The molecule has 1 saturated carbocycles. The van der Waals surface area contributed by atoms with Crippen molar-refractivity contribution in [1.29, 1.82) is 0 Å². The lowest BCUT2D eigenvalue weighted by Gasteiger charge is -2.38. The van der Waals surface area contributed by atoms with Crippen LogP contribution in [0.25, 0.3) is 0 Å². The minimum atomic E-state index is -1.11. The van der Waals surface area contributed by atoms with Gasteiger partial charge < -0.3 is 42.3 Å². The van der Waals surface area contributed by atoms with Gasteiger partial charge in [-0.05, 0) is 105 Å². The van der Waals surface area contributed by atoms with Gasteiger partial charge >= 0.3 is 18.0 Å². The molecule has 49 heavy (non-hydrogen) atoms. The summed E-state index contributed by atoms with van der Waals surface area (Å²) in [6.07, 6.45) is 8.82. The van der Waals surface area contributed by atoms with Crippen molar-refractivity contribution in [3.05, 3.63) is 80.7 Å². The van der Waals surface area contributed by atoms with Crippen LogP contribution in [0.15, 0.2) is 69.6 Å². The van der Waals surface area contributed by atoms with Crippen LogP contribution in [0.1, 0.15) is 56.1 Å². The van der Waals surface area contributed by atoms with E-state index < -0.39 is 18.0 Å². The maximum Gasteiger partial charge on any atom is 0.326 e. The number of carbonyl (C=O) groups is 3. The number of nitrogen functional groups attached to an aromatic ring is 2. The van der Waals surface area contributed by atoms with E-state index in [1.807, 2.05) is 47.4 Å². The highest BCUT2D eigenvalue weighted by atomic mass is 79.9. The highest BCUT2D eigenvalue weighted by Crippen LogP contribution is 2.30. The van der Waals surface area contributed by atoms with Crippen LogP contribution >= 0.6 is 31.9 Å². The van der Waals surface area contributed by atoms with E-state index in [1.54, 1.807) is 17.0 Å². The van der Waals surface area contributed by atoms with Crippen LogP contribution in [0, 0.1) is 0 Å².